The molecule has 10 nitrogen and oxygen atoms in total. The van der Waals surface area contributed by atoms with Gasteiger partial charge in [0.15, 0.2) is 0 Å². The Morgan fingerprint density at radius 1 is 1.00 bits per heavy atom. The lowest BCUT2D eigenvalue weighted by atomic mass is 10.00. The third kappa shape index (κ3) is 11.4. The first-order chi connectivity index (χ1) is 19.8. The fourth-order valence-corrected chi connectivity index (χ4v) is 4.53. The Bertz CT molecular complexity index is 1210. The predicted molar refractivity (Wildman–Crippen MR) is 163 cm³/mol. The molecule has 0 spiro atoms. The second kappa shape index (κ2) is 16.4. The van der Waals surface area contributed by atoms with E-state index in [0.717, 1.165) is 31.2 Å². The lowest BCUT2D eigenvalue weighted by molar-refractivity contribution is -0.141. The second-order valence-electron chi connectivity index (χ2n) is 11.5. The lowest BCUT2D eigenvalue weighted by Crippen LogP contribution is -2.52. The van der Waals surface area contributed by atoms with Crippen LogP contribution in [0, 0.1) is 6.92 Å². The topological polar surface area (TPSA) is 151 Å². The Labute approximate surface area is 249 Å². The summed E-state index contributed by atoms with van der Waals surface area (Å²) in [4.78, 5) is 54.1. The van der Waals surface area contributed by atoms with E-state index in [4.69, 9.17) is 10.5 Å². The van der Waals surface area contributed by atoms with Crippen molar-refractivity contribution in [2.45, 2.75) is 97.2 Å². The number of unbranched alkanes of at least 4 members (excludes halogenated alkanes) is 4. The summed E-state index contributed by atoms with van der Waals surface area (Å²) in [6, 6.07) is 11.1. The SMILES string of the molecule is CCCCCCCN(C(=O)C(CCC(N)=O)NC(=O)OC(C)(C)C)C(C(=O)Nc1ccccc1C)c1cccc(O)c1. The number of amides is 4. The number of nitrogens with two attached hydrogens (primary N) is 1. The molecular weight excluding hydrogens is 536 g/mol. The Morgan fingerprint density at radius 2 is 1.69 bits per heavy atom. The normalized spacial score (nSPS) is 12.6. The summed E-state index contributed by atoms with van der Waals surface area (Å²) in [5, 5.41) is 15.8. The number of benzene rings is 2. The minimum atomic E-state index is -1.19. The molecule has 0 saturated carbocycles. The molecule has 0 aliphatic rings. The van der Waals surface area contributed by atoms with E-state index in [1.165, 1.54) is 17.0 Å². The van der Waals surface area contributed by atoms with Gasteiger partial charge < -0.3 is 31.1 Å². The van der Waals surface area contributed by atoms with Crippen LogP contribution in [-0.2, 0) is 19.1 Å². The van der Waals surface area contributed by atoms with Crippen LogP contribution >= 0.6 is 0 Å². The van der Waals surface area contributed by atoms with Crippen molar-refractivity contribution in [2.75, 3.05) is 11.9 Å². The number of nitrogens with zero attached hydrogens (tertiary/aromatic N) is 1. The van der Waals surface area contributed by atoms with Gasteiger partial charge in [0.05, 0.1) is 0 Å². The van der Waals surface area contributed by atoms with Gasteiger partial charge in [-0.2, -0.15) is 0 Å². The molecule has 0 heterocycles. The number of anilines is 1. The number of hydrogen-bond donors (Lipinski definition) is 4. The number of phenolic OH excluding ortho intramolecular Hbond substituents is 1. The maximum Gasteiger partial charge on any atom is 0.408 e. The number of alkyl carbamates (subject to hydrolysis) is 1. The molecule has 2 unspecified atom stereocenters. The van der Waals surface area contributed by atoms with Crippen LogP contribution in [0.2, 0.25) is 0 Å². The summed E-state index contributed by atoms with van der Waals surface area (Å²) < 4.78 is 5.38. The number of primary amides is 1. The van der Waals surface area contributed by atoms with Gasteiger partial charge in [0.1, 0.15) is 23.4 Å². The van der Waals surface area contributed by atoms with Crippen LogP contribution in [-0.4, -0.2) is 52.0 Å². The zero-order valence-corrected chi connectivity index (χ0v) is 25.4. The first-order valence-corrected chi connectivity index (χ1v) is 14.6. The molecule has 2 rings (SSSR count). The van der Waals surface area contributed by atoms with Crippen LogP contribution in [0.4, 0.5) is 10.5 Å². The molecule has 2 atom stereocenters. The van der Waals surface area contributed by atoms with Crippen LogP contribution in [0.15, 0.2) is 48.5 Å². The zero-order chi connectivity index (χ0) is 31.3. The van der Waals surface area contributed by atoms with Gasteiger partial charge in [-0.15, -0.1) is 0 Å². The van der Waals surface area contributed by atoms with Gasteiger partial charge in [0.2, 0.25) is 11.8 Å². The van der Waals surface area contributed by atoms with Gasteiger partial charge in [0, 0.05) is 18.7 Å². The highest BCUT2D eigenvalue weighted by Crippen LogP contribution is 2.28. The number of para-hydroxylation sites is 1. The Kier molecular flexibility index (Phi) is 13.3. The third-order valence-corrected chi connectivity index (χ3v) is 6.60. The molecule has 4 amide bonds. The monoisotopic (exact) mass is 582 g/mol. The molecule has 0 aliphatic heterocycles. The molecule has 230 valence electrons. The number of carbonyl (C=O) groups is 4. The van der Waals surface area contributed by atoms with E-state index in [-0.39, 0.29) is 25.1 Å². The van der Waals surface area contributed by atoms with Gasteiger partial charge in [-0.3, -0.25) is 14.4 Å². The summed E-state index contributed by atoms with van der Waals surface area (Å²) in [5.74, 6) is -1.74. The number of aryl methyl sites for hydroxylation is 1. The van der Waals surface area contributed by atoms with Crippen molar-refractivity contribution < 1.29 is 29.0 Å². The molecule has 0 bridgehead atoms. The van der Waals surface area contributed by atoms with E-state index in [9.17, 15) is 24.3 Å². The van der Waals surface area contributed by atoms with Gasteiger partial charge in [0.25, 0.3) is 5.91 Å². The molecule has 42 heavy (non-hydrogen) atoms. The molecule has 5 N–H and O–H groups in total. The van der Waals surface area contributed by atoms with Crippen molar-refractivity contribution in [3.63, 3.8) is 0 Å². The van der Waals surface area contributed by atoms with Gasteiger partial charge in [-0.25, -0.2) is 4.79 Å². The standard InChI is InChI=1S/C32H46N4O6/c1-6-7-8-9-12-20-36(30(40)26(18-19-27(33)38)35-31(41)42-32(3,4)5)28(23-15-13-16-24(37)21-23)29(39)34-25-17-11-10-14-22(25)2/h10-11,13-17,21,26,28,37H,6-9,12,18-20H2,1-5H3,(H2,33,38)(H,34,39)(H,35,41). The molecule has 0 radical (unpaired) electrons. The predicted octanol–water partition coefficient (Wildman–Crippen LogP) is 5.34. The van der Waals surface area contributed by atoms with Crippen LogP contribution in [0.1, 0.15) is 89.8 Å². The number of ether oxygens (including phenoxy) is 1. The molecule has 0 saturated heterocycles. The second-order valence-corrected chi connectivity index (χ2v) is 11.5. The van der Waals surface area contributed by atoms with Crippen molar-refractivity contribution >= 4 is 29.5 Å². The summed E-state index contributed by atoms with van der Waals surface area (Å²) >= 11 is 0. The van der Waals surface area contributed by atoms with Crippen molar-refractivity contribution in [1.29, 1.82) is 0 Å². The van der Waals surface area contributed by atoms with Gasteiger partial charge in [-0.1, -0.05) is 62.9 Å². The minimum absolute atomic E-state index is 0.0614. The van der Waals surface area contributed by atoms with E-state index in [0.29, 0.717) is 17.7 Å². The highest BCUT2D eigenvalue weighted by molar-refractivity contribution is 5.99. The van der Waals surface area contributed by atoms with E-state index in [2.05, 4.69) is 17.6 Å². The van der Waals surface area contributed by atoms with E-state index >= 15 is 0 Å². The Hall–Kier alpha value is -4.08. The fraction of sp³-hybridized carbons (Fsp3) is 0.500. The minimum Gasteiger partial charge on any atom is -0.508 e. The van der Waals surface area contributed by atoms with Crippen molar-refractivity contribution in [1.82, 2.24) is 10.2 Å². The largest absolute Gasteiger partial charge is 0.508 e. The number of hydrogen-bond acceptors (Lipinski definition) is 6. The van der Waals surface area contributed by atoms with Crippen LogP contribution < -0.4 is 16.4 Å². The average Bonchev–Trinajstić information content (AvgIpc) is 2.90. The Morgan fingerprint density at radius 3 is 2.31 bits per heavy atom. The van der Waals surface area contributed by atoms with Crippen molar-refractivity contribution in [3.8, 4) is 5.75 Å². The van der Waals surface area contributed by atoms with E-state index in [1.54, 1.807) is 45.0 Å². The summed E-state index contributed by atoms with van der Waals surface area (Å²) in [5.41, 5.74) is 6.39. The van der Waals surface area contributed by atoms with Crippen LogP contribution in [0.25, 0.3) is 0 Å². The van der Waals surface area contributed by atoms with Crippen LogP contribution in [0.5, 0.6) is 5.75 Å². The van der Waals surface area contributed by atoms with Gasteiger partial charge >= 0.3 is 6.09 Å². The summed E-state index contributed by atoms with van der Waals surface area (Å²) in [6.07, 6.45) is 3.41. The maximum absolute atomic E-state index is 14.3. The quantitative estimate of drug-likeness (QED) is 0.208. The number of aromatic hydroxyl groups is 1. The molecule has 2 aromatic rings. The third-order valence-electron chi connectivity index (χ3n) is 6.60. The molecule has 10 heteroatoms. The molecule has 0 aromatic heterocycles. The first-order valence-electron chi connectivity index (χ1n) is 14.6. The molecule has 0 fully saturated rings. The number of nitrogens with one attached hydrogen (secondary N) is 2. The van der Waals surface area contributed by atoms with Crippen molar-refractivity contribution in [3.05, 3.63) is 59.7 Å². The van der Waals surface area contributed by atoms with E-state index in [1.807, 2.05) is 19.1 Å². The summed E-state index contributed by atoms with van der Waals surface area (Å²) in [7, 11) is 0. The van der Waals surface area contributed by atoms with E-state index < -0.39 is 41.5 Å². The lowest BCUT2D eigenvalue weighted by Gasteiger charge is -2.34. The maximum atomic E-state index is 14.3. The smallest absolute Gasteiger partial charge is 0.408 e. The zero-order valence-electron chi connectivity index (χ0n) is 25.4. The first kappa shape index (κ1) is 34.1. The Balaban J connectivity index is 2.55. The van der Waals surface area contributed by atoms with Gasteiger partial charge in [-0.05, 0) is 69.9 Å². The number of carbonyl (C=O) groups excluding carboxylic acids is 4. The number of rotatable bonds is 15. The molecular formula is C32H46N4O6. The van der Waals surface area contributed by atoms with Crippen LogP contribution in [0.3, 0.4) is 0 Å². The average molecular weight is 583 g/mol. The summed E-state index contributed by atoms with van der Waals surface area (Å²) in [6.45, 7) is 9.26. The molecule has 2 aromatic carbocycles. The molecule has 0 aliphatic carbocycles. The highest BCUT2D eigenvalue weighted by atomic mass is 16.6. The fourth-order valence-electron chi connectivity index (χ4n) is 4.53. The number of phenols is 1. The van der Waals surface area contributed by atoms with Crippen molar-refractivity contribution in [2.24, 2.45) is 5.73 Å². The highest BCUT2D eigenvalue weighted by Gasteiger charge is 2.36.